The van der Waals surface area contributed by atoms with Crippen LogP contribution in [0, 0.1) is 11.8 Å². The van der Waals surface area contributed by atoms with Gasteiger partial charge in [-0.15, -0.1) is 11.8 Å². The Kier molecular flexibility index (Phi) is 5.10. The van der Waals surface area contributed by atoms with Crippen molar-refractivity contribution in [1.82, 2.24) is 4.90 Å². The van der Waals surface area contributed by atoms with Gasteiger partial charge in [0.1, 0.15) is 0 Å². The molecule has 0 aliphatic carbocycles. The van der Waals surface area contributed by atoms with Crippen molar-refractivity contribution in [2.75, 3.05) is 19.7 Å². The summed E-state index contributed by atoms with van der Waals surface area (Å²) in [5.74, 6) is 5.68. The molecule has 0 saturated carbocycles. The molecule has 0 amide bonds. The third kappa shape index (κ3) is 3.83. The molecule has 1 aliphatic rings. The van der Waals surface area contributed by atoms with Gasteiger partial charge in [-0.3, -0.25) is 4.90 Å². The number of ether oxygens (including phenoxy) is 1. The molecule has 1 aliphatic heterocycles. The number of morpholine rings is 1. The van der Waals surface area contributed by atoms with Gasteiger partial charge in [0.2, 0.25) is 0 Å². The topological polar surface area (TPSA) is 32.7 Å². The fourth-order valence-electron chi connectivity index (χ4n) is 1.74. The Labute approximate surface area is 92.4 Å². The van der Waals surface area contributed by atoms with Crippen LogP contribution in [0.5, 0.6) is 0 Å². The summed E-state index contributed by atoms with van der Waals surface area (Å²) in [6.45, 7) is 8.60. The summed E-state index contributed by atoms with van der Waals surface area (Å²) < 4.78 is 5.56. The maximum absolute atomic E-state index is 9.85. The summed E-state index contributed by atoms with van der Waals surface area (Å²) in [6, 6.07) is 0.515. The molecule has 1 rings (SSSR count). The average molecular weight is 211 g/mol. The Bertz CT molecular complexity index is 242. The molecule has 15 heavy (non-hydrogen) atoms. The van der Waals surface area contributed by atoms with E-state index in [2.05, 4.69) is 30.6 Å². The lowest BCUT2D eigenvalue weighted by molar-refractivity contribution is -0.0928. The smallest absolute Gasteiger partial charge is 0.0970 e. The van der Waals surface area contributed by atoms with Crippen molar-refractivity contribution in [3.8, 4) is 11.8 Å². The van der Waals surface area contributed by atoms with Crippen LogP contribution in [0.4, 0.5) is 0 Å². The number of nitrogens with zero attached hydrogens (tertiary/aromatic N) is 1. The summed E-state index contributed by atoms with van der Waals surface area (Å²) in [4.78, 5) is 2.33. The Morgan fingerprint density at radius 3 is 2.87 bits per heavy atom. The molecule has 3 nitrogen and oxygen atoms in total. The van der Waals surface area contributed by atoms with E-state index in [1.54, 1.807) is 6.92 Å². The minimum absolute atomic E-state index is 0.0815. The number of hydrogen-bond donors (Lipinski definition) is 1. The largest absolute Gasteiger partial charge is 0.389 e. The van der Waals surface area contributed by atoms with Crippen molar-refractivity contribution >= 4 is 0 Å². The van der Waals surface area contributed by atoms with E-state index in [0.717, 1.165) is 13.1 Å². The molecule has 0 bridgehead atoms. The minimum atomic E-state index is -0.459. The molecular weight excluding hydrogens is 190 g/mol. The third-order valence-corrected chi connectivity index (χ3v) is 2.77. The standard InChI is InChI=1S/C12H21NO2/c1-4-5-6-11(14)12-9-13(10(2)3)7-8-15-12/h10-12,14H,6-9H2,1-3H3. The van der Waals surface area contributed by atoms with E-state index in [9.17, 15) is 5.11 Å². The van der Waals surface area contributed by atoms with Crippen molar-refractivity contribution in [1.29, 1.82) is 0 Å². The highest BCUT2D eigenvalue weighted by Gasteiger charge is 2.27. The molecule has 3 heteroatoms. The van der Waals surface area contributed by atoms with E-state index < -0.39 is 6.10 Å². The van der Waals surface area contributed by atoms with Crippen molar-refractivity contribution in [3.63, 3.8) is 0 Å². The quantitative estimate of drug-likeness (QED) is 0.703. The molecular formula is C12H21NO2. The molecule has 1 N–H and O–H groups in total. The van der Waals surface area contributed by atoms with Gasteiger partial charge >= 0.3 is 0 Å². The number of aliphatic hydroxyl groups excluding tert-OH is 1. The van der Waals surface area contributed by atoms with Gasteiger partial charge < -0.3 is 9.84 Å². The molecule has 1 saturated heterocycles. The van der Waals surface area contributed by atoms with Crippen LogP contribution in [0.3, 0.4) is 0 Å². The summed E-state index contributed by atoms with van der Waals surface area (Å²) in [7, 11) is 0. The summed E-state index contributed by atoms with van der Waals surface area (Å²) in [5, 5.41) is 9.85. The first-order chi connectivity index (χ1) is 7.15. The monoisotopic (exact) mass is 211 g/mol. The Morgan fingerprint density at radius 2 is 2.27 bits per heavy atom. The molecule has 1 fully saturated rings. The van der Waals surface area contributed by atoms with Crippen LogP contribution in [0.2, 0.25) is 0 Å². The van der Waals surface area contributed by atoms with Crippen molar-refractivity contribution in [2.45, 2.75) is 45.4 Å². The zero-order valence-corrected chi connectivity index (χ0v) is 9.86. The van der Waals surface area contributed by atoms with Gasteiger partial charge in [-0.1, -0.05) is 0 Å². The summed E-state index contributed by atoms with van der Waals surface area (Å²) in [6.07, 6.45) is -0.0337. The van der Waals surface area contributed by atoms with Crippen LogP contribution < -0.4 is 0 Å². The first kappa shape index (κ1) is 12.5. The van der Waals surface area contributed by atoms with Crippen molar-refractivity contribution < 1.29 is 9.84 Å². The van der Waals surface area contributed by atoms with Crippen LogP contribution in [-0.4, -0.2) is 48.0 Å². The van der Waals surface area contributed by atoms with E-state index >= 15 is 0 Å². The lowest BCUT2D eigenvalue weighted by atomic mass is 10.1. The highest BCUT2D eigenvalue weighted by atomic mass is 16.5. The molecule has 0 radical (unpaired) electrons. The van der Waals surface area contributed by atoms with Crippen LogP contribution in [0.25, 0.3) is 0 Å². The predicted octanol–water partition coefficient (Wildman–Crippen LogP) is 0.870. The Morgan fingerprint density at radius 1 is 1.53 bits per heavy atom. The van der Waals surface area contributed by atoms with Gasteiger partial charge in [0.15, 0.2) is 0 Å². The number of hydrogen-bond acceptors (Lipinski definition) is 3. The van der Waals surface area contributed by atoms with E-state index in [1.807, 2.05) is 0 Å². The predicted molar refractivity (Wildman–Crippen MR) is 60.5 cm³/mol. The second kappa shape index (κ2) is 6.12. The molecule has 0 aromatic carbocycles. The highest BCUT2D eigenvalue weighted by molar-refractivity contribution is 4.98. The van der Waals surface area contributed by atoms with E-state index in [4.69, 9.17) is 4.74 Å². The zero-order valence-electron chi connectivity index (χ0n) is 9.86. The summed E-state index contributed by atoms with van der Waals surface area (Å²) in [5.41, 5.74) is 0. The lowest BCUT2D eigenvalue weighted by Crippen LogP contribution is -2.49. The van der Waals surface area contributed by atoms with Crippen LogP contribution in [-0.2, 0) is 4.74 Å². The summed E-state index contributed by atoms with van der Waals surface area (Å²) >= 11 is 0. The van der Waals surface area contributed by atoms with Crippen LogP contribution >= 0.6 is 0 Å². The van der Waals surface area contributed by atoms with Gasteiger partial charge in [-0.05, 0) is 20.8 Å². The second-order valence-corrected chi connectivity index (χ2v) is 4.20. The molecule has 2 unspecified atom stereocenters. The minimum Gasteiger partial charge on any atom is -0.389 e. The lowest BCUT2D eigenvalue weighted by Gasteiger charge is -2.37. The van der Waals surface area contributed by atoms with Crippen molar-refractivity contribution in [2.24, 2.45) is 0 Å². The maximum atomic E-state index is 9.85. The Balaban J connectivity index is 2.43. The fraction of sp³-hybridized carbons (Fsp3) is 0.833. The molecule has 1 heterocycles. The maximum Gasteiger partial charge on any atom is 0.0970 e. The van der Waals surface area contributed by atoms with Crippen LogP contribution in [0.1, 0.15) is 27.2 Å². The van der Waals surface area contributed by atoms with E-state index in [-0.39, 0.29) is 6.10 Å². The first-order valence-electron chi connectivity index (χ1n) is 5.58. The number of aliphatic hydroxyl groups is 1. The molecule has 0 aromatic rings. The van der Waals surface area contributed by atoms with Gasteiger partial charge in [0.25, 0.3) is 0 Å². The zero-order chi connectivity index (χ0) is 11.3. The van der Waals surface area contributed by atoms with E-state index in [1.165, 1.54) is 0 Å². The highest BCUT2D eigenvalue weighted by Crippen LogP contribution is 2.13. The van der Waals surface area contributed by atoms with E-state index in [0.29, 0.717) is 19.1 Å². The normalized spacial score (nSPS) is 24.7. The molecule has 2 atom stereocenters. The first-order valence-corrected chi connectivity index (χ1v) is 5.58. The van der Waals surface area contributed by atoms with Crippen LogP contribution in [0.15, 0.2) is 0 Å². The van der Waals surface area contributed by atoms with Gasteiger partial charge in [0, 0.05) is 25.6 Å². The molecule has 86 valence electrons. The SMILES string of the molecule is CC#CCC(O)C1CN(C(C)C)CCO1. The Hall–Kier alpha value is -0.560. The second-order valence-electron chi connectivity index (χ2n) is 4.20. The van der Waals surface area contributed by atoms with Gasteiger partial charge in [0.05, 0.1) is 18.8 Å². The average Bonchev–Trinajstić information content (AvgIpc) is 2.26. The van der Waals surface area contributed by atoms with Gasteiger partial charge in [-0.2, -0.15) is 0 Å². The molecule has 0 spiro atoms. The van der Waals surface area contributed by atoms with Gasteiger partial charge in [-0.25, -0.2) is 0 Å². The fourth-order valence-corrected chi connectivity index (χ4v) is 1.74. The third-order valence-electron chi connectivity index (χ3n) is 2.77. The number of rotatable bonds is 3. The molecule has 0 aromatic heterocycles. The van der Waals surface area contributed by atoms with Crippen molar-refractivity contribution in [3.05, 3.63) is 0 Å².